The first-order chi connectivity index (χ1) is 9.87. The molecule has 4 nitrogen and oxygen atoms in total. The van der Waals surface area contributed by atoms with Gasteiger partial charge in [-0.1, -0.05) is 12.1 Å². The minimum atomic E-state index is -0.333. The van der Waals surface area contributed by atoms with Gasteiger partial charge in [-0.05, 0) is 58.3 Å². The molecule has 2 saturated heterocycles. The Hall–Kier alpha value is -1.04. The van der Waals surface area contributed by atoms with Gasteiger partial charge in [-0.25, -0.2) is 0 Å². The van der Waals surface area contributed by atoms with Gasteiger partial charge in [0.25, 0.3) is 0 Å². The summed E-state index contributed by atoms with van der Waals surface area (Å²) in [4.78, 5) is 0. The molecule has 5 heteroatoms. The molecule has 0 bridgehead atoms. The van der Waals surface area contributed by atoms with E-state index in [1.165, 1.54) is 6.42 Å². The van der Waals surface area contributed by atoms with Crippen molar-refractivity contribution in [1.82, 2.24) is 5.32 Å². The summed E-state index contributed by atoms with van der Waals surface area (Å²) in [6, 6.07) is 8.50. The lowest BCUT2D eigenvalue weighted by atomic mass is 9.79. The summed E-state index contributed by atoms with van der Waals surface area (Å²) in [6.07, 6.45) is 1.19. The number of ether oxygens (including phenoxy) is 1. The predicted octanol–water partition coefficient (Wildman–Crippen LogP) is 1.73. The van der Waals surface area contributed by atoms with Gasteiger partial charge in [0, 0.05) is 6.04 Å². The van der Waals surface area contributed by atoms with Crippen molar-refractivity contribution >= 4 is 12.6 Å². The lowest BCUT2D eigenvalue weighted by Crippen LogP contribution is -2.46. The zero-order valence-corrected chi connectivity index (χ0v) is 13.3. The van der Waals surface area contributed by atoms with Gasteiger partial charge < -0.3 is 19.4 Å². The largest absolute Gasteiger partial charge is 0.494 e. The van der Waals surface area contributed by atoms with Crippen molar-refractivity contribution < 1.29 is 14.0 Å². The highest BCUT2D eigenvalue weighted by Crippen LogP contribution is 2.36. The molecule has 2 fully saturated rings. The number of rotatable bonds is 4. The van der Waals surface area contributed by atoms with Crippen LogP contribution in [0.15, 0.2) is 24.3 Å². The van der Waals surface area contributed by atoms with E-state index in [4.69, 9.17) is 14.0 Å². The van der Waals surface area contributed by atoms with Gasteiger partial charge in [0.2, 0.25) is 0 Å². The van der Waals surface area contributed by atoms with Gasteiger partial charge in [-0.2, -0.15) is 0 Å². The lowest BCUT2D eigenvalue weighted by Gasteiger charge is -2.32. The first kappa shape index (κ1) is 14.9. The van der Waals surface area contributed by atoms with Gasteiger partial charge in [-0.15, -0.1) is 0 Å². The molecule has 21 heavy (non-hydrogen) atoms. The molecule has 0 aromatic heterocycles. The molecule has 2 heterocycles. The van der Waals surface area contributed by atoms with Gasteiger partial charge >= 0.3 is 7.12 Å². The molecule has 1 atom stereocenters. The first-order valence-electron chi connectivity index (χ1n) is 7.69. The van der Waals surface area contributed by atoms with Crippen LogP contribution in [0.2, 0.25) is 0 Å². The van der Waals surface area contributed by atoms with Crippen LogP contribution in [0.25, 0.3) is 0 Å². The van der Waals surface area contributed by atoms with Crippen LogP contribution in [0.3, 0.4) is 0 Å². The molecule has 0 unspecified atom stereocenters. The van der Waals surface area contributed by atoms with E-state index in [1.54, 1.807) is 0 Å². The summed E-state index contributed by atoms with van der Waals surface area (Å²) >= 11 is 0. The molecule has 0 saturated carbocycles. The minimum absolute atomic E-state index is 0.315. The predicted molar refractivity (Wildman–Crippen MR) is 84.1 cm³/mol. The second-order valence-electron chi connectivity index (χ2n) is 6.91. The van der Waals surface area contributed by atoms with Crippen molar-refractivity contribution in [2.75, 3.05) is 13.2 Å². The number of hydrogen-bond acceptors (Lipinski definition) is 4. The second-order valence-corrected chi connectivity index (χ2v) is 6.91. The monoisotopic (exact) mass is 289 g/mol. The van der Waals surface area contributed by atoms with Crippen molar-refractivity contribution in [3.8, 4) is 5.75 Å². The number of benzene rings is 1. The van der Waals surface area contributed by atoms with E-state index in [0.29, 0.717) is 12.6 Å². The standard InChI is InChI=1S/C16H24BNO3/c1-15(2)16(3,4)21-17(20-15)12-6-5-7-14(10-12)19-11-13-8-9-18-13/h5-7,10,13,18H,8-9,11H2,1-4H3/t13-/m0/s1. The SMILES string of the molecule is CC1(C)OB(c2cccc(OC[C@@H]3CCN3)c2)OC1(C)C. The smallest absolute Gasteiger partial charge is 0.492 e. The van der Waals surface area contributed by atoms with Crippen LogP contribution in [-0.2, 0) is 9.31 Å². The van der Waals surface area contributed by atoms with Crippen LogP contribution in [-0.4, -0.2) is 37.5 Å². The Balaban J connectivity index is 1.68. The number of hydrogen-bond donors (Lipinski definition) is 1. The van der Waals surface area contributed by atoms with Crippen molar-refractivity contribution in [1.29, 1.82) is 0 Å². The zero-order chi connectivity index (χ0) is 15.1. The summed E-state index contributed by atoms with van der Waals surface area (Å²) in [6.45, 7) is 10.1. The normalized spacial score (nSPS) is 26.5. The summed E-state index contributed by atoms with van der Waals surface area (Å²) < 4.78 is 18.0. The highest BCUT2D eigenvalue weighted by atomic mass is 16.7. The summed E-state index contributed by atoms with van der Waals surface area (Å²) in [5.41, 5.74) is 0.377. The van der Waals surface area contributed by atoms with E-state index in [9.17, 15) is 0 Å². The highest BCUT2D eigenvalue weighted by molar-refractivity contribution is 6.62. The summed E-state index contributed by atoms with van der Waals surface area (Å²) in [5.74, 6) is 0.871. The third kappa shape index (κ3) is 2.96. The molecule has 2 aliphatic heterocycles. The molecule has 0 aliphatic carbocycles. The molecule has 0 radical (unpaired) electrons. The summed E-state index contributed by atoms with van der Waals surface area (Å²) in [5, 5.41) is 3.33. The second kappa shape index (κ2) is 5.31. The molecule has 114 valence electrons. The Labute approximate surface area is 127 Å². The van der Waals surface area contributed by atoms with Crippen molar-refractivity contribution in [3.05, 3.63) is 24.3 Å². The Morgan fingerprint density at radius 1 is 1.24 bits per heavy atom. The number of nitrogens with one attached hydrogen (secondary N) is 1. The first-order valence-corrected chi connectivity index (χ1v) is 7.69. The van der Waals surface area contributed by atoms with Crippen molar-refractivity contribution in [2.45, 2.75) is 51.4 Å². The molecule has 0 spiro atoms. The fourth-order valence-corrected chi connectivity index (χ4v) is 2.42. The maximum absolute atomic E-state index is 6.07. The Morgan fingerprint density at radius 2 is 1.90 bits per heavy atom. The zero-order valence-electron chi connectivity index (χ0n) is 13.3. The molecule has 1 aromatic carbocycles. The Kier molecular flexibility index (Phi) is 3.76. The van der Waals surface area contributed by atoms with Gasteiger partial charge in [-0.3, -0.25) is 0 Å². The quantitative estimate of drug-likeness (QED) is 0.857. The van der Waals surface area contributed by atoms with Gasteiger partial charge in [0.1, 0.15) is 12.4 Å². The molecule has 0 amide bonds. The van der Waals surface area contributed by atoms with Crippen LogP contribution < -0.4 is 15.5 Å². The van der Waals surface area contributed by atoms with E-state index in [-0.39, 0.29) is 18.3 Å². The third-order valence-corrected chi connectivity index (χ3v) is 4.76. The molecular weight excluding hydrogens is 265 g/mol. The van der Waals surface area contributed by atoms with Gasteiger partial charge in [0.05, 0.1) is 11.2 Å². The van der Waals surface area contributed by atoms with E-state index < -0.39 is 0 Å². The van der Waals surface area contributed by atoms with Crippen LogP contribution in [0.1, 0.15) is 34.1 Å². The summed E-state index contributed by atoms with van der Waals surface area (Å²) in [7, 11) is -0.333. The van der Waals surface area contributed by atoms with Crippen molar-refractivity contribution in [2.24, 2.45) is 0 Å². The topological polar surface area (TPSA) is 39.7 Å². The molecule has 1 N–H and O–H groups in total. The molecule has 2 aliphatic rings. The Morgan fingerprint density at radius 3 is 2.48 bits per heavy atom. The maximum atomic E-state index is 6.07. The van der Waals surface area contributed by atoms with Crippen LogP contribution in [0, 0.1) is 0 Å². The average molecular weight is 289 g/mol. The lowest BCUT2D eigenvalue weighted by molar-refractivity contribution is 0.00578. The van der Waals surface area contributed by atoms with Crippen LogP contribution in [0.4, 0.5) is 0 Å². The highest BCUT2D eigenvalue weighted by Gasteiger charge is 2.51. The molecule has 3 rings (SSSR count). The van der Waals surface area contributed by atoms with Crippen molar-refractivity contribution in [3.63, 3.8) is 0 Å². The van der Waals surface area contributed by atoms with E-state index in [2.05, 4.69) is 33.0 Å². The molecular formula is C16H24BNO3. The molecule has 1 aromatic rings. The van der Waals surface area contributed by atoms with E-state index >= 15 is 0 Å². The third-order valence-electron chi connectivity index (χ3n) is 4.76. The van der Waals surface area contributed by atoms with E-state index in [0.717, 1.165) is 17.8 Å². The fourth-order valence-electron chi connectivity index (χ4n) is 2.42. The average Bonchev–Trinajstić information content (AvgIpc) is 2.57. The Bertz CT molecular complexity index is 498. The van der Waals surface area contributed by atoms with Gasteiger partial charge in [0.15, 0.2) is 0 Å². The fraction of sp³-hybridized carbons (Fsp3) is 0.625. The van der Waals surface area contributed by atoms with Crippen LogP contribution in [0.5, 0.6) is 5.75 Å². The van der Waals surface area contributed by atoms with Crippen LogP contribution >= 0.6 is 0 Å². The van der Waals surface area contributed by atoms with E-state index in [1.807, 2.05) is 24.3 Å². The minimum Gasteiger partial charge on any atom is -0.492 e. The maximum Gasteiger partial charge on any atom is 0.494 e.